The third-order valence-electron chi connectivity index (χ3n) is 1.82. The summed E-state index contributed by atoms with van der Waals surface area (Å²) < 4.78 is 4.36. The third-order valence-corrected chi connectivity index (χ3v) is 1.82. The minimum Gasteiger partial charge on any atom is -0.372 e. The zero-order valence-corrected chi connectivity index (χ0v) is 6.96. The zero-order valence-electron chi connectivity index (χ0n) is 6.96. The zero-order chi connectivity index (χ0) is 9.42. The fourth-order valence-corrected chi connectivity index (χ4v) is 1.21. The molecule has 1 aromatic carbocycles. The highest BCUT2D eigenvalue weighted by Gasteiger charge is 2.00. The molecule has 1 heterocycles. The van der Waals surface area contributed by atoms with Gasteiger partial charge in [0.2, 0.25) is 0 Å². The standard InChI is InChI=1S/C8H6BNO3/c9-4-1-2-5-6(3-4)10-8(12)13-7(5)11/h1-3H,9H2,(H,10,12). The summed E-state index contributed by atoms with van der Waals surface area (Å²) >= 11 is 0. The van der Waals surface area contributed by atoms with Gasteiger partial charge in [-0.05, 0) is 12.1 Å². The number of nitrogens with one attached hydrogen (secondary N) is 1. The topological polar surface area (TPSA) is 63.1 Å². The number of hydrogen-bond acceptors (Lipinski definition) is 3. The van der Waals surface area contributed by atoms with Crippen molar-refractivity contribution in [3.63, 3.8) is 0 Å². The van der Waals surface area contributed by atoms with Crippen LogP contribution in [0.3, 0.4) is 0 Å². The summed E-state index contributed by atoms with van der Waals surface area (Å²) in [4.78, 5) is 24.4. The maximum Gasteiger partial charge on any atom is 0.419 e. The lowest BCUT2D eigenvalue weighted by Gasteiger charge is -1.95. The van der Waals surface area contributed by atoms with Crippen molar-refractivity contribution in [2.75, 3.05) is 0 Å². The minimum atomic E-state index is -0.719. The van der Waals surface area contributed by atoms with Crippen LogP contribution in [-0.4, -0.2) is 12.8 Å². The number of fused-ring (bicyclic) bond motifs is 1. The first-order valence-corrected chi connectivity index (χ1v) is 3.80. The Bertz CT molecular complexity index is 569. The fourth-order valence-electron chi connectivity index (χ4n) is 1.21. The molecule has 0 aliphatic heterocycles. The van der Waals surface area contributed by atoms with Crippen molar-refractivity contribution in [3.05, 3.63) is 39.2 Å². The Balaban J connectivity index is 3.03. The van der Waals surface area contributed by atoms with Crippen LogP contribution in [0.25, 0.3) is 10.9 Å². The predicted octanol–water partition coefficient (Wildman–Crippen LogP) is -1.26. The molecule has 64 valence electrons. The van der Waals surface area contributed by atoms with E-state index in [9.17, 15) is 9.59 Å². The van der Waals surface area contributed by atoms with Crippen LogP contribution in [0.5, 0.6) is 0 Å². The van der Waals surface area contributed by atoms with E-state index in [2.05, 4.69) is 9.40 Å². The van der Waals surface area contributed by atoms with Crippen LogP contribution in [0.2, 0.25) is 0 Å². The van der Waals surface area contributed by atoms with Gasteiger partial charge in [0, 0.05) is 0 Å². The van der Waals surface area contributed by atoms with Crippen molar-refractivity contribution in [1.82, 2.24) is 4.98 Å². The molecule has 0 amide bonds. The average Bonchev–Trinajstić information content (AvgIpc) is 2.02. The van der Waals surface area contributed by atoms with Crippen LogP contribution in [0.15, 0.2) is 32.2 Å². The predicted molar refractivity (Wildman–Crippen MR) is 51.3 cm³/mol. The third kappa shape index (κ3) is 1.28. The van der Waals surface area contributed by atoms with Gasteiger partial charge in [0.15, 0.2) is 0 Å². The van der Waals surface area contributed by atoms with Crippen LogP contribution in [0, 0.1) is 0 Å². The van der Waals surface area contributed by atoms with Gasteiger partial charge in [0.1, 0.15) is 7.85 Å². The smallest absolute Gasteiger partial charge is 0.372 e. The van der Waals surface area contributed by atoms with Crippen molar-refractivity contribution < 1.29 is 4.42 Å². The van der Waals surface area contributed by atoms with Gasteiger partial charge in [-0.15, -0.1) is 0 Å². The van der Waals surface area contributed by atoms with E-state index in [0.29, 0.717) is 10.9 Å². The number of benzene rings is 1. The quantitative estimate of drug-likeness (QED) is 0.508. The van der Waals surface area contributed by atoms with E-state index in [1.165, 1.54) is 0 Å². The van der Waals surface area contributed by atoms with Gasteiger partial charge in [-0.2, -0.15) is 0 Å². The summed E-state index contributed by atoms with van der Waals surface area (Å²) in [6.07, 6.45) is 0. The summed E-state index contributed by atoms with van der Waals surface area (Å²) in [5.74, 6) is -0.719. The maximum atomic E-state index is 11.1. The van der Waals surface area contributed by atoms with Gasteiger partial charge >= 0.3 is 11.4 Å². The molecule has 0 unspecified atom stereocenters. The molecule has 13 heavy (non-hydrogen) atoms. The van der Waals surface area contributed by atoms with E-state index in [0.717, 1.165) is 5.46 Å². The van der Waals surface area contributed by atoms with Crippen molar-refractivity contribution in [3.8, 4) is 0 Å². The number of hydrogen-bond donors (Lipinski definition) is 1. The van der Waals surface area contributed by atoms with Crippen molar-refractivity contribution >= 4 is 24.2 Å². The molecule has 0 aliphatic carbocycles. The van der Waals surface area contributed by atoms with E-state index in [4.69, 9.17) is 0 Å². The second-order valence-corrected chi connectivity index (χ2v) is 2.85. The first-order valence-electron chi connectivity index (χ1n) is 3.80. The summed E-state index contributed by atoms with van der Waals surface area (Å²) in [7, 11) is 1.88. The minimum absolute atomic E-state index is 0.394. The summed E-state index contributed by atoms with van der Waals surface area (Å²) in [6, 6.07) is 5.15. The lowest BCUT2D eigenvalue weighted by molar-refractivity contribution is 0.460. The van der Waals surface area contributed by atoms with Gasteiger partial charge in [-0.1, -0.05) is 11.5 Å². The van der Waals surface area contributed by atoms with Crippen LogP contribution in [-0.2, 0) is 0 Å². The Hall–Kier alpha value is -1.78. The van der Waals surface area contributed by atoms with Gasteiger partial charge in [0.25, 0.3) is 0 Å². The maximum absolute atomic E-state index is 11.1. The van der Waals surface area contributed by atoms with Crippen LogP contribution >= 0.6 is 0 Å². The van der Waals surface area contributed by atoms with Crippen LogP contribution < -0.4 is 16.8 Å². The molecule has 0 atom stereocenters. The van der Waals surface area contributed by atoms with Crippen molar-refractivity contribution in [2.24, 2.45) is 0 Å². The highest BCUT2D eigenvalue weighted by Crippen LogP contribution is 2.00. The molecule has 0 fully saturated rings. The van der Waals surface area contributed by atoms with Gasteiger partial charge in [-0.3, -0.25) is 4.98 Å². The molecule has 1 aromatic heterocycles. The number of H-pyrrole nitrogens is 1. The van der Waals surface area contributed by atoms with E-state index < -0.39 is 11.4 Å². The lowest BCUT2D eigenvalue weighted by Crippen LogP contribution is -2.16. The molecule has 5 heteroatoms. The fraction of sp³-hybridized carbons (Fsp3) is 0. The molecule has 4 nitrogen and oxygen atoms in total. The molecule has 0 aliphatic rings. The molecule has 0 radical (unpaired) electrons. The van der Waals surface area contributed by atoms with E-state index in [1.807, 2.05) is 7.85 Å². The SMILES string of the molecule is Bc1ccc2c(=O)oc(=O)[nH]c2c1. The second-order valence-electron chi connectivity index (χ2n) is 2.85. The summed E-state index contributed by atoms with van der Waals surface area (Å²) in [5, 5.41) is 0.394. The Morgan fingerprint density at radius 2 is 2.08 bits per heavy atom. The monoisotopic (exact) mass is 175 g/mol. The van der Waals surface area contributed by atoms with E-state index in [1.54, 1.807) is 18.2 Å². The lowest BCUT2D eigenvalue weighted by atomic mass is 9.95. The Morgan fingerprint density at radius 3 is 2.85 bits per heavy atom. The Morgan fingerprint density at radius 1 is 1.31 bits per heavy atom. The number of rotatable bonds is 0. The molecule has 2 aromatic rings. The van der Waals surface area contributed by atoms with E-state index in [-0.39, 0.29) is 0 Å². The van der Waals surface area contributed by atoms with Crippen LogP contribution in [0.4, 0.5) is 0 Å². The van der Waals surface area contributed by atoms with Gasteiger partial charge in [-0.25, -0.2) is 9.59 Å². The largest absolute Gasteiger partial charge is 0.419 e. The molecule has 0 spiro atoms. The molecular formula is C8H6BNO3. The number of aromatic amines is 1. The highest BCUT2D eigenvalue weighted by atomic mass is 16.4. The van der Waals surface area contributed by atoms with E-state index >= 15 is 0 Å². The molecule has 0 saturated heterocycles. The molecule has 1 N–H and O–H groups in total. The highest BCUT2D eigenvalue weighted by molar-refractivity contribution is 6.33. The Kier molecular flexibility index (Phi) is 1.58. The first-order chi connectivity index (χ1) is 6.16. The molecule has 2 rings (SSSR count). The summed E-state index contributed by atoms with van der Waals surface area (Å²) in [6.45, 7) is 0. The molecule has 0 saturated carbocycles. The van der Waals surface area contributed by atoms with Crippen LogP contribution in [0.1, 0.15) is 0 Å². The van der Waals surface area contributed by atoms with Crippen molar-refractivity contribution in [2.45, 2.75) is 0 Å². The normalized spacial score (nSPS) is 10.5. The van der Waals surface area contributed by atoms with Crippen molar-refractivity contribution in [1.29, 1.82) is 0 Å². The Labute approximate surface area is 73.6 Å². The molecular weight excluding hydrogens is 169 g/mol. The van der Waals surface area contributed by atoms with Gasteiger partial charge < -0.3 is 4.42 Å². The van der Waals surface area contributed by atoms with Gasteiger partial charge in [0.05, 0.1) is 10.9 Å². The average molecular weight is 175 g/mol. The number of aromatic nitrogens is 1. The molecule has 0 bridgehead atoms. The first kappa shape index (κ1) is 7.85. The second kappa shape index (κ2) is 2.62. The summed E-state index contributed by atoms with van der Waals surface area (Å²) in [5.41, 5.74) is 0.897.